The molecule has 3 N–H and O–H groups in total. The van der Waals surface area contributed by atoms with Crippen molar-refractivity contribution in [1.82, 2.24) is 4.98 Å². The Balaban J connectivity index is 1.75. The van der Waals surface area contributed by atoms with Gasteiger partial charge in [0, 0.05) is 47.4 Å². The number of rotatable bonds is 5. The van der Waals surface area contributed by atoms with E-state index in [0.717, 1.165) is 45.8 Å². The molecule has 0 amide bonds. The third-order valence-corrected chi connectivity index (χ3v) is 6.67. The van der Waals surface area contributed by atoms with E-state index < -0.39 is 10.8 Å². The molecule has 1 unspecified atom stereocenters. The normalized spacial score (nSPS) is 16.6. The molecule has 146 valence electrons. The maximum Gasteiger partial charge on any atom is 0.131 e. The van der Waals surface area contributed by atoms with E-state index in [1.807, 2.05) is 48.5 Å². The van der Waals surface area contributed by atoms with Crippen LogP contribution >= 0.6 is 11.6 Å². The molecule has 1 aliphatic rings. The smallest absolute Gasteiger partial charge is 0.131 e. The molecule has 0 saturated carbocycles. The molecule has 0 fully saturated rings. The van der Waals surface area contributed by atoms with Gasteiger partial charge in [-0.15, -0.1) is 0 Å². The molecule has 2 aromatic carbocycles. The summed E-state index contributed by atoms with van der Waals surface area (Å²) in [5, 5.41) is 5.06. The van der Waals surface area contributed by atoms with Crippen molar-refractivity contribution in [1.29, 1.82) is 0 Å². The molecule has 1 aliphatic heterocycles. The van der Waals surface area contributed by atoms with Gasteiger partial charge in [-0.2, -0.15) is 0 Å². The van der Waals surface area contributed by atoms with Gasteiger partial charge >= 0.3 is 0 Å². The SMILES string of the molecule is NCCCNc1cc(N2CCS(=O)c3ccccc3C2)nc2cccc(Cl)c12. The van der Waals surface area contributed by atoms with Crippen molar-refractivity contribution in [3.05, 3.63) is 59.1 Å². The van der Waals surface area contributed by atoms with Crippen LogP contribution in [-0.4, -0.2) is 34.6 Å². The first-order valence-corrected chi connectivity index (χ1v) is 11.1. The summed E-state index contributed by atoms with van der Waals surface area (Å²) in [4.78, 5) is 7.98. The molecule has 5 nitrogen and oxygen atoms in total. The number of nitrogens with two attached hydrogens (primary N) is 1. The van der Waals surface area contributed by atoms with Gasteiger partial charge in [-0.1, -0.05) is 35.9 Å². The molecule has 7 heteroatoms. The Morgan fingerprint density at radius 2 is 2.07 bits per heavy atom. The number of benzene rings is 2. The van der Waals surface area contributed by atoms with E-state index in [0.29, 0.717) is 30.4 Å². The highest BCUT2D eigenvalue weighted by molar-refractivity contribution is 7.85. The quantitative estimate of drug-likeness (QED) is 0.622. The zero-order valence-electron chi connectivity index (χ0n) is 15.5. The summed E-state index contributed by atoms with van der Waals surface area (Å²) in [6, 6.07) is 15.8. The largest absolute Gasteiger partial charge is 0.384 e. The number of hydrogen-bond donors (Lipinski definition) is 2. The average molecular weight is 415 g/mol. The molecule has 4 rings (SSSR count). The first-order chi connectivity index (χ1) is 13.7. The highest BCUT2D eigenvalue weighted by Crippen LogP contribution is 2.34. The highest BCUT2D eigenvalue weighted by Gasteiger charge is 2.21. The van der Waals surface area contributed by atoms with Crippen molar-refractivity contribution in [3.63, 3.8) is 0 Å². The molecule has 1 atom stereocenters. The standard InChI is InChI=1S/C21H23ClN4OS/c22-16-6-3-7-17-21(16)18(24-10-4-9-23)13-20(25-17)26-11-12-28(27)19-8-2-1-5-15(19)14-26/h1-3,5-8,13H,4,9-12,14,23H2,(H,24,25). The molecule has 0 radical (unpaired) electrons. The summed E-state index contributed by atoms with van der Waals surface area (Å²) in [6.45, 7) is 2.77. The van der Waals surface area contributed by atoms with Crippen LogP contribution in [0.5, 0.6) is 0 Å². The summed E-state index contributed by atoms with van der Waals surface area (Å²) < 4.78 is 12.6. The van der Waals surface area contributed by atoms with E-state index in [9.17, 15) is 4.21 Å². The molecule has 1 aromatic heterocycles. The fourth-order valence-corrected chi connectivity index (χ4v) is 5.03. The summed E-state index contributed by atoms with van der Waals surface area (Å²) >= 11 is 6.47. The maximum absolute atomic E-state index is 12.6. The number of nitrogens with zero attached hydrogens (tertiary/aromatic N) is 2. The van der Waals surface area contributed by atoms with Gasteiger partial charge in [0.25, 0.3) is 0 Å². The minimum atomic E-state index is -0.989. The molecule has 0 saturated heterocycles. The van der Waals surface area contributed by atoms with Crippen LogP contribution in [0.3, 0.4) is 0 Å². The third kappa shape index (κ3) is 3.85. The lowest BCUT2D eigenvalue weighted by molar-refractivity contribution is 0.683. The first kappa shape index (κ1) is 19.2. The Hall–Kier alpha value is -2.15. The van der Waals surface area contributed by atoms with Crippen LogP contribution < -0.4 is 16.0 Å². The van der Waals surface area contributed by atoms with Crippen LogP contribution in [0.25, 0.3) is 10.9 Å². The van der Waals surface area contributed by atoms with Gasteiger partial charge < -0.3 is 16.0 Å². The predicted octanol–water partition coefficient (Wildman–Crippen LogP) is 3.78. The van der Waals surface area contributed by atoms with Crippen LogP contribution in [0, 0.1) is 0 Å². The van der Waals surface area contributed by atoms with Crippen LogP contribution in [0.1, 0.15) is 12.0 Å². The van der Waals surface area contributed by atoms with Gasteiger partial charge in [-0.25, -0.2) is 4.98 Å². The number of anilines is 2. The molecule has 0 bridgehead atoms. The van der Waals surface area contributed by atoms with Gasteiger partial charge in [-0.05, 0) is 36.7 Å². The number of nitrogens with one attached hydrogen (secondary N) is 1. The number of aromatic nitrogens is 1. The summed E-state index contributed by atoms with van der Waals surface area (Å²) in [5.41, 5.74) is 8.53. The fourth-order valence-electron chi connectivity index (χ4n) is 3.50. The van der Waals surface area contributed by atoms with E-state index in [2.05, 4.69) is 10.2 Å². The number of hydrogen-bond acceptors (Lipinski definition) is 5. The van der Waals surface area contributed by atoms with E-state index in [1.165, 1.54) is 0 Å². The number of pyridine rings is 1. The summed E-state index contributed by atoms with van der Waals surface area (Å²) in [5.74, 6) is 1.45. The van der Waals surface area contributed by atoms with E-state index in [-0.39, 0.29) is 0 Å². The van der Waals surface area contributed by atoms with Gasteiger partial charge in [0.1, 0.15) is 5.82 Å². The van der Waals surface area contributed by atoms with Crippen LogP contribution in [0.15, 0.2) is 53.4 Å². The van der Waals surface area contributed by atoms with Gasteiger partial charge in [0.2, 0.25) is 0 Å². The van der Waals surface area contributed by atoms with Gasteiger partial charge in [0.05, 0.1) is 21.3 Å². The summed E-state index contributed by atoms with van der Waals surface area (Å²) in [7, 11) is -0.989. The van der Waals surface area contributed by atoms with E-state index >= 15 is 0 Å². The molecule has 28 heavy (non-hydrogen) atoms. The Bertz CT molecular complexity index is 1030. The molecular formula is C21H23ClN4OS. The minimum absolute atomic E-state index is 0.586. The molecule has 2 heterocycles. The third-order valence-electron chi connectivity index (χ3n) is 4.92. The van der Waals surface area contributed by atoms with Crippen LogP contribution in [0.4, 0.5) is 11.5 Å². The second-order valence-corrected chi connectivity index (χ2v) is 8.76. The summed E-state index contributed by atoms with van der Waals surface area (Å²) in [6.07, 6.45) is 0.875. The van der Waals surface area contributed by atoms with Crippen molar-refractivity contribution >= 4 is 44.8 Å². The minimum Gasteiger partial charge on any atom is -0.384 e. The van der Waals surface area contributed by atoms with E-state index in [1.54, 1.807) is 0 Å². The zero-order valence-corrected chi connectivity index (χ0v) is 17.1. The lowest BCUT2D eigenvalue weighted by Gasteiger charge is -2.23. The first-order valence-electron chi connectivity index (χ1n) is 9.42. The monoisotopic (exact) mass is 414 g/mol. The maximum atomic E-state index is 12.6. The van der Waals surface area contributed by atoms with Crippen LogP contribution in [0.2, 0.25) is 5.02 Å². The Morgan fingerprint density at radius 1 is 1.21 bits per heavy atom. The molecule has 3 aromatic rings. The molecular weight excluding hydrogens is 392 g/mol. The lowest BCUT2D eigenvalue weighted by Crippen LogP contribution is -2.26. The fraction of sp³-hybridized carbons (Fsp3) is 0.286. The number of halogens is 1. The van der Waals surface area contributed by atoms with Gasteiger partial charge in [0.15, 0.2) is 0 Å². The second-order valence-electron chi connectivity index (χ2n) is 6.81. The van der Waals surface area contributed by atoms with Crippen LogP contribution in [-0.2, 0) is 17.3 Å². The van der Waals surface area contributed by atoms with Crippen molar-refractivity contribution < 1.29 is 4.21 Å². The van der Waals surface area contributed by atoms with Crippen molar-refractivity contribution in [2.24, 2.45) is 5.73 Å². The topological polar surface area (TPSA) is 71.2 Å². The molecule has 0 aliphatic carbocycles. The van der Waals surface area contributed by atoms with Gasteiger partial charge in [-0.3, -0.25) is 4.21 Å². The Labute approximate surface area is 172 Å². The lowest BCUT2D eigenvalue weighted by atomic mass is 10.1. The van der Waals surface area contributed by atoms with Crippen molar-refractivity contribution in [2.45, 2.75) is 17.9 Å². The highest BCUT2D eigenvalue weighted by atomic mass is 35.5. The van der Waals surface area contributed by atoms with Crippen molar-refractivity contribution in [3.8, 4) is 0 Å². The number of fused-ring (bicyclic) bond motifs is 2. The predicted molar refractivity (Wildman–Crippen MR) is 118 cm³/mol. The molecule has 0 spiro atoms. The second kappa shape index (κ2) is 8.47. The Kier molecular flexibility index (Phi) is 5.80. The average Bonchev–Trinajstić information content (AvgIpc) is 2.87. The zero-order chi connectivity index (χ0) is 19.5. The van der Waals surface area contributed by atoms with E-state index in [4.69, 9.17) is 22.3 Å². The van der Waals surface area contributed by atoms with Crippen molar-refractivity contribution in [2.75, 3.05) is 35.6 Å². The Morgan fingerprint density at radius 3 is 2.93 bits per heavy atom.